The van der Waals surface area contributed by atoms with Crippen molar-refractivity contribution in [3.63, 3.8) is 0 Å². The van der Waals surface area contributed by atoms with E-state index >= 15 is 0 Å². The molecular weight excluding hydrogens is 298 g/mol. The Kier molecular flexibility index (Phi) is 4.19. The molecule has 1 aromatic rings. The van der Waals surface area contributed by atoms with Gasteiger partial charge in [0.05, 0.1) is 0 Å². The first kappa shape index (κ1) is 15.4. The summed E-state index contributed by atoms with van der Waals surface area (Å²) in [5.74, 6) is -0.272. The van der Waals surface area contributed by atoms with Crippen LogP contribution in [-0.2, 0) is 21.2 Å². The average molecular weight is 317 g/mol. The number of hydrogen-bond acceptors (Lipinski definition) is 5. The van der Waals surface area contributed by atoms with Crippen molar-refractivity contribution in [2.45, 2.75) is 30.0 Å². The first-order valence-electron chi connectivity index (χ1n) is 6.40. The Bertz CT molecular complexity index is 607. The van der Waals surface area contributed by atoms with E-state index in [4.69, 9.17) is 5.73 Å². The molecule has 0 unspecified atom stereocenters. The number of carbonyl (C=O) groups is 1. The standard InChI is InChI=1S/C12H19N3O3S2/c1-12(2)11(16)14-7-8-15(12)20(17,18)10-4-3-9(19-10)5-6-13/h3-4H,5-8,13H2,1-2H3,(H,14,16). The van der Waals surface area contributed by atoms with Gasteiger partial charge in [0.2, 0.25) is 5.91 Å². The summed E-state index contributed by atoms with van der Waals surface area (Å²) in [6, 6.07) is 3.37. The average Bonchev–Trinajstić information content (AvgIpc) is 2.82. The van der Waals surface area contributed by atoms with Gasteiger partial charge in [0, 0.05) is 18.0 Å². The fourth-order valence-corrected chi connectivity index (χ4v) is 5.42. The maximum atomic E-state index is 12.7. The molecule has 0 atom stereocenters. The van der Waals surface area contributed by atoms with Crippen LogP contribution in [0.15, 0.2) is 16.3 Å². The van der Waals surface area contributed by atoms with Crippen LogP contribution in [-0.4, -0.2) is 43.8 Å². The highest BCUT2D eigenvalue weighted by atomic mass is 32.2. The van der Waals surface area contributed by atoms with Crippen molar-refractivity contribution in [1.82, 2.24) is 9.62 Å². The number of nitrogens with two attached hydrogens (primary N) is 1. The monoisotopic (exact) mass is 317 g/mol. The van der Waals surface area contributed by atoms with Crippen LogP contribution < -0.4 is 11.1 Å². The Morgan fingerprint density at radius 3 is 2.80 bits per heavy atom. The smallest absolute Gasteiger partial charge is 0.253 e. The van der Waals surface area contributed by atoms with Crippen molar-refractivity contribution in [3.8, 4) is 0 Å². The topological polar surface area (TPSA) is 92.5 Å². The molecule has 0 spiro atoms. The lowest BCUT2D eigenvalue weighted by atomic mass is 10.0. The SMILES string of the molecule is CC1(C)C(=O)NCCN1S(=O)(=O)c1ccc(CCN)s1. The predicted molar refractivity (Wildman–Crippen MR) is 78.1 cm³/mol. The van der Waals surface area contributed by atoms with E-state index in [1.54, 1.807) is 26.0 Å². The predicted octanol–water partition coefficient (Wildman–Crippen LogP) is 0.148. The van der Waals surface area contributed by atoms with E-state index < -0.39 is 15.6 Å². The minimum atomic E-state index is -3.65. The first-order chi connectivity index (χ1) is 9.30. The minimum absolute atomic E-state index is 0.267. The summed E-state index contributed by atoms with van der Waals surface area (Å²) < 4.78 is 26.9. The zero-order valence-corrected chi connectivity index (χ0v) is 13.2. The van der Waals surface area contributed by atoms with E-state index in [-0.39, 0.29) is 16.7 Å². The summed E-state index contributed by atoms with van der Waals surface area (Å²) >= 11 is 1.22. The van der Waals surface area contributed by atoms with E-state index in [0.717, 1.165) is 4.88 Å². The molecule has 2 rings (SSSR count). The largest absolute Gasteiger partial charge is 0.353 e. The third-order valence-corrected chi connectivity index (χ3v) is 7.04. The lowest BCUT2D eigenvalue weighted by Gasteiger charge is -2.39. The molecule has 2 heterocycles. The van der Waals surface area contributed by atoms with Crippen molar-refractivity contribution in [3.05, 3.63) is 17.0 Å². The Morgan fingerprint density at radius 1 is 1.45 bits per heavy atom. The van der Waals surface area contributed by atoms with Gasteiger partial charge in [0.1, 0.15) is 9.75 Å². The van der Waals surface area contributed by atoms with Gasteiger partial charge < -0.3 is 11.1 Å². The van der Waals surface area contributed by atoms with Gasteiger partial charge in [0.15, 0.2) is 0 Å². The maximum Gasteiger partial charge on any atom is 0.253 e. The summed E-state index contributed by atoms with van der Waals surface area (Å²) in [6.45, 7) is 4.34. The molecule has 1 aromatic heterocycles. The summed E-state index contributed by atoms with van der Waals surface area (Å²) in [7, 11) is -3.65. The van der Waals surface area contributed by atoms with Crippen LogP contribution in [0.1, 0.15) is 18.7 Å². The zero-order valence-electron chi connectivity index (χ0n) is 11.5. The van der Waals surface area contributed by atoms with Gasteiger partial charge in [-0.05, 0) is 38.9 Å². The number of nitrogens with zero attached hydrogens (tertiary/aromatic N) is 1. The first-order valence-corrected chi connectivity index (χ1v) is 8.65. The molecular formula is C12H19N3O3S2. The van der Waals surface area contributed by atoms with E-state index in [0.29, 0.717) is 19.5 Å². The maximum absolute atomic E-state index is 12.7. The molecule has 0 aliphatic carbocycles. The highest BCUT2D eigenvalue weighted by molar-refractivity contribution is 7.91. The quantitative estimate of drug-likeness (QED) is 0.827. The molecule has 1 amide bonds. The third kappa shape index (κ3) is 2.60. The molecule has 0 saturated carbocycles. The van der Waals surface area contributed by atoms with Gasteiger partial charge in [-0.15, -0.1) is 11.3 Å². The van der Waals surface area contributed by atoms with Gasteiger partial charge in [-0.2, -0.15) is 4.31 Å². The van der Waals surface area contributed by atoms with Crippen LogP contribution in [0.25, 0.3) is 0 Å². The molecule has 1 aliphatic rings. The molecule has 0 radical (unpaired) electrons. The molecule has 0 aromatic carbocycles. The molecule has 112 valence electrons. The van der Waals surface area contributed by atoms with Crippen LogP contribution in [0.4, 0.5) is 0 Å². The number of sulfonamides is 1. The Morgan fingerprint density at radius 2 is 2.15 bits per heavy atom. The zero-order chi connectivity index (χ0) is 15.0. The number of thiophene rings is 1. The van der Waals surface area contributed by atoms with Gasteiger partial charge in [-0.25, -0.2) is 8.42 Å². The fraction of sp³-hybridized carbons (Fsp3) is 0.583. The van der Waals surface area contributed by atoms with E-state index in [2.05, 4.69) is 5.32 Å². The molecule has 1 aliphatic heterocycles. The van der Waals surface area contributed by atoms with Gasteiger partial charge in [0.25, 0.3) is 10.0 Å². The van der Waals surface area contributed by atoms with Crippen molar-refractivity contribution in [1.29, 1.82) is 0 Å². The molecule has 3 N–H and O–H groups in total. The van der Waals surface area contributed by atoms with Gasteiger partial charge >= 0.3 is 0 Å². The Balaban J connectivity index is 2.35. The number of nitrogens with one attached hydrogen (secondary N) is 1. The van der Waals surface area contributed by atoms with Gasteiger partial charge in [-0.3, -0.25) is 4.79 Å². The summed E-state index contributed by atoms with van der Waals surface area (Å²) in [6.07, 6.45) is 0.657. The van der Waals surface area contributed by atoms with Crippen molar-refractivity contribution < 1.29 is 13.2 Å². The lowest BCUT2D eigenvalue weighted by Crippen LogP contribution is -2.63. The van der Waals surface area contributed by atoms with E-state index in [1.165, 1.54) is 15.6 Å². The second-order valence-electron chi connectivity index (χ2n) is 5.15. The lowest BCUT2D eigenvalue weighted by molar-refractivity contribution is -0.131. The number of piperazine rings is 1. The van der Waals surface area contributed by atoms with Crippen molar-refractivity contribution in [2.75, 3.05) is 19.6 Å². The van der Waals surface area contributed by atoms with Crippen LogP contribution >= 0.6 is 11.3 Å². The van der Waals surface area contributed by atoms with Gasteiger partial charge in [-0.1, -0.05) is 0 Å². The van der Waals surface area contributed by atoms with Crippen molar-refractivity contribution in [2.24, 2.45) is 5.73 Å². The summed E-state index contributed by atoms with van der Waals surface area (Å²) in [5.41, 5.74) is 4.40. The second-order valence-corrected chi connectivity index (χ2v) is 8.41. The molecule has 1 fully saturated rings. The molecule has 1 saturated heterocycles. The van der Waals surface area contributed by atoms with E-state index in [1.807, 2.05) is 0 Å². The van der Waals surface area contributed by atoms with Crippen LogP contribution in [0.3, 0.4) is 0 Å². The molecule has 8 heteroatoms. The minimum Gasteiger partial charge on any atom is -0.353 e. The number of carbonyl (C=O) groups excluding carboxylic acids is 1. The Hall–Kier alpha value is -0.960. The number of rotatable bonds is 4. The van der Waals surface area contributed by atoms with Crippen LogP contribution in [0, 0.1) is 0 Å². The molecule has 0 bridgehead atoms. The van der Waals surface area contributed by atoms with Crippen LogP contribution in [0.5, 0.6) is 0 Å². The normalized spacial score (nSPS) is 19.9. The summed E-state index contributed by atoms with van der Waals surface area (Å²) in [4.78, 5) is 12.8. The highest BCUT2D eigenvalue weighted by Crippen LogP contribution is 2.30. The molecule has 6 nitrogen and oxygen atoms in total. The van der Waals surface area contributed by atoms with E-state index in [9.17, 15) is 13.2 Å². The Labute approximate surface area is 123 Å². The fourth-order valence-electron chi connectivity index (χ4n) is 2.18. The third-order valence-electron chi connectivity index (χ3n) is 3.35. The molecule has 20 heavy (non-hydrogen) atoms. The number of amides is 1. The van der Waals surface area contributed by atoms with Crippen LogP contribution in [0.2, 0.25) is 0 Å². The summed E-state index contributed by atoms with van der Waals surface area (Å²) in [5, 5.41) is 2.69. The van der Waals surface area contributed by atoms with Crippen molar-refractivity contribution >= 4 is 27.3 Å². The highest BCUT2D eigenvalue weighted by Gasteiger charge is 2.45. The second kappa shape index (κ2) is 5.44. The number of hydrogen-bond donors (Lipinski definition) is 2.